The Hall–Kier alpha value is -2.95. The first-order valence-corrected chi connectivity index (χ1v) is 11.4. The topological polar surface area (TPSA) is 51.0 Å². The number of nitrogens with zero attached hydrogens (tertiary/aromatic N) is 4. The molecule has 1 aromatic heterocycles. The summed E-state index contributed by atoms with van der Waals surface area (Å²) in [7, 11) is 0. The SMILES string of the molecule is C1=CCC=C1.CCCCN1C(=O)C(n2cc(C3=CCC=C3)nn2)[C@H]1/C=C/c1ccccc1.[Fe]. The Morgan fingerprint density at radius 1 is 1.09 bits per heavy atom. The van der Waals surface area contributed by atoms with E-state index in [4.69, 9.17) is 0 Å². The first kappa shape index (κ1) is 24.7. The normalized spacial score (nSPS) is 20.5. The van der Waals surface area contributed by atoms with E-state index in [1.54, 1.807) is 4.68 Å². The summed E-state index contributed by atoms with van der Waals surface area (Å²) in [4.78, 5) is 14.7. The minimum absolute atomic E-state index is 0. The average Bonchev–Trinajstić information content (AvgIpc) is 3.61. The van der Waals surface area contributed by atoms with E-state index in [0.29, 0.717) is 0 Å². The van der Waals surface area contributed by atoms with Crippen LogP contribution in [0.1, 0.15) is 49.9 Å². The number of allylic oxidation sites excluding steroid dienone is 8. The van der Waals surface area contributed by atoms with Crippen LogP contribution in [-0.4, -0.2) is 38.4 Å². The van der Waals surface area contributed by atoms with Crippen molar-refractivity contribution in [2.45, 2.75) is 44.7 Å². The minimum atomic E-state index is -0.311. The molecule has 1 unspecified atom stereocenters. The number of rotatable bonds is 7. The summed E-state index contributed by atoms with van der Waals surface area (Å²) in [5.41, 5.74) is 3.04. The van der Waals surface area contributed by atoms with Crippen molar-refractivity contribution in [3.8, 4) is 0 Å². The summed E-state index contributed by atoms with van der Waals surface area (Å²) < 4.78 is 1.73. The zero-order valence-electron chi connectivity index (χ0n) is 18.9. The Labute approximate surface area is 206 Å². The molecule has 0 saturated carbocycles. The second-order valence-corrected chi connectivity index (χ2v) is 8.06. The van der Waals surface area contributed by atoms with E-state index in [-0.39, 0.29) is 35.1 Å². The molecule has 5 nitrogen and oxygen atoms in total. The van der Waals surface area contributed by atoms with Gasteiger partial charge in [0.1, 0.15) is 5.69 Å². The third-order valence-corrected chi connectivity index (χ3v) is 5.78. The van der Waals surface area contributed by atoms with Crippen molar-refractivity contribution in [2.24, 2.45) is 0 Å². The molecule has 1 aromatic carbocycles. The molecule has 6 heteroatoms. The van der Waals surface area contributed by atoms with Crippen molar-refractivity contribution in [3.63, 3.8) is 0 Å². The van der Waals surface area contributed by atoms with Gasteiger partial charge in [-0.05, 0) is 30.4 Å². The molecule has 0 bridgehead atoms. The molecule has 1 fully saturated rings. The molecule has 2 aliphatic carbocycles. The van der Waals surface area contributed by atoms with Crippen molar-refractivity contribution < 1.29 is 21.9 Å². The molecule has 2 aromatic rings. The van der Waals surface area contributed by atoms with E-state index < -0.39 is 0 Å². The number of aromatic nitrogens is 3. The summed E-state index contributed by atoms with van der Waals surface area (Å²) in [6.07, 6.45) is 24.9. The molecule has 1 amide bonds. The molecule has 33 heavy (non-hydrogen) atoms. The molecule has 1 aliphatic heterocycles. The summed E-state index contributed by atoms with van der Waals surface area (Å²) in [5, 5.41) is 8.54. The van der Waals surface area contributed by atoms with Crippen LogP contribution in [-0.2, 0) is 21.9 Å². The largest absolute Gasteiger partial charge is 0.332 e. The molecular weight excluding hydrogens is 452 g/mol. The van der Waals surface area contributed by atoms with Gasteiger partial charge >= 0.3 is 0 Å². The van der Waals surface area contributed by atoms with Crippen molar-refractivity contribution in [1.29, 1.82) is 0 Å². The van der Waals surface area contributed by atoms with Gasteiger partial charge in [-0.2, -0.15) is 0 Å². The first-order valence-electron chi connectivity index (χ1n) is 11.4. The predicted molar refractivity (Wildman–Crippen MR) is 130 cm³/mol. The van der Waals surface area contributed by atoms with Gasteiger partial charge in [-0.3, -0.25) is 4.79 Å². The fourth-order valence-corrected chi connectivity index (χ4v) is 3.98. The number of amides is 1. The molecule has 172 valence electrons. The zero-order valence-corrected chi connectivity index (χ0v) is 20.0. The second-order valence-electron chi connectivity index (χ2n) is 8.06. The van der Waals surface area contributed by atoms with Gasteiger partial charge in [0, 0.05) is 23.6 Å². The zero-order chi connectivity index (χ0) is 22.2. The van der Waals surface area contributed by atoms with E-state index in [9.17, 15) is 4.79 Å². The first-order chi connectivity index (χ1) is 15.8. The van der Waals surface area contributed by atoms with Gasteiger partial charge < -0.3 is 4.90 Å². The summed E-state index contributed by atoms with van der Waals surface area (Å²) in [6.45, 7) is 2.92. The summed E-state index contributed by atoms with van der Waals surface area (Å²) in [5.74, 6) is 0.124. The third-order valence-electron chi connectivity index (χ3n) is 5.78. The average molecular weight is 482 g/mol. The Morgan fingerprint density at radius 3 is 2.52 bits per heavy atom. The monoisotopic (exact) mass is 482 g/mol. The smallest absolute Gasteiger partial charge is 0.250 e. The number of hydrogen-bond acceptors (Lipinski definition) is 3. The van der Waals surface area contributed by atoms with Gasteiger partial charge in [0.05, 0.1) is 12.2 Å². The molecule has 0 spiro atoms. The van der Waals surface area contributed by atoms with Crippen molar-refractivity contribution in [3.05, 3.63) is 96.4 Å². The standard InChI is InChI=1S/C22H24N4O.C5H6.Fe/c1-2-3-15-25-20(14-13-17-9-5-4-6-10-17)21(22(25)27)26-16-19(23-24-26)18-11-7-8-12-18;1-2-4-5-3-1;/h4-7,9-14,16,20-21H,2-3,8,15H2,1H3;1-4H,5H2;/b14-13+;;/t20-,21?;;/m1../s1. The van der Waals surface area contributed by atoms with Crippen LogP contribution in [0.4, 0.5) is 0 Å². The molecule has 5 rings (SSSR count). The number of carbonyl (C=O) groups excluding carboxylic acids is 1. The van der Waals surface area contributed by atoms with Gasteiger partial charge in [-0.1, -0.05) is 104 Å². The van der Waals surface area contributed by atoms with Gasteiger partial charge in [0.2, 0.25) is 0 Å². The Kier molecular flexibility index (Phi) is 9.23. The van der Waals surface area contributed by atoms with Crippen LogP contribution in [0.3, 0.4) is 0 Å². The molecule has 1 saturated heterocycles. The van der Waals surface area contributed by atoms with Crippen molar-refractivity contribution in [2.75, 3.05) is 6.54 Å². The number of carbonyl (C=O) groups is 1. The Bertz CT molecular complexity index is 1050. The van der Waals surface area contributed by atoms with Crippen molar-refractivity contribution >= 4 is 17.6 Å². The third kappa shape index (κ3) is 6.10. The number of hydrogen-bond donors (Lipinski definition) is 0. The number of benzene rings is 1. The van der Waals surface area contributed by atoms with Crippen LogP contribution in [0.2, 0.25) is 0 Å². The van der Waals surface area contributed by atoms with E-state index in [0.717, 1.165) is 49.1 Å². The van der Waals surface area contributed by atoms with Crippen LogP contribution >= 0.6 is 0 Å². The second kappa shape index (κ2) is 12.3. The maximum Gasteiger partial charge on any atom is 0.250 e. The molecule has 2 atom stereocenters. The van der Waals surface area contributed by atoms with Crippen LogP contribution in [0.25, 0.3) is 11.6 Å². The molecular formula is C27H30FeN4O. The van der Waals surface area contributed by atoms with E-state index in [2.05, 4.69) is 84.1 Å². The van der Waals surface area contributed by atoms with Gasteiger partial charge in [-0.15, -0.1) is 5.10 Å². The quantitative estimate of drug-likeness (QED) is 0.393. The molecule has 3 aliphatic rings. The number of β-lactam (4-membered cyclic amide) rings is 1. The van der Waals surface area contributed by atoms with Crippen LogP contribution < -0.4 is 0 Å². The number of likely N-dealkylation sites (tertiary alicyclic amines) is 1. The molecule has 0 N–H and O–H groups in total. The molecule has 0 radical (unpaired) electrons. The van der Waals surface area contributed by atoms with E-state index >= 15 is 0 Å². The number of unbranched alkanes of at least 4 members (excludes halogenated alkanes) is 1. The van der Waals surface area contributed by atoms with Gasteiger partial charge in [-0.25, -0.2) is 4.68 Å². The maximum atomic E-state index is 12.8. The predicted octanol–water partition coefficient (Wildman–Crippen LogP) is 5.39. The van der Waals surface area contributed by atoms with Crippen molar-refractivity contribution in [1.82, 2.24) is 19.9 Å². The Balaban J connectivity index is 0.000000453. The Morgan fingerprint density at radius 2 is 1.88 bits per heavy atom. The van der Waals surface area contributed by atoms with Gasteiger partial charge in [0.15, 0.2) is 6.04 Å². The maximum absolute atomic E-state index is 12.8. The van der Waals surface area contributed by atoms with E-state index in [1.165, 1.54) is 0 Å². The fourth-order valence-electron chi connectivity index (χ4n) is 3.98. The van der Waals surface area contributed by atoms with Gasteiger partial charge in [0.25, 0.3) is 5.91 Å². The van der Waals surface area contributed by atoms with Crippen LogP contribution in [0.15, 0.2) is 85.1 Å². The summed E-state index contributed by atoms with van der Waals surface area (Å²) >= 11 is 0. The van der Waals surface area contributed by atoms with E-state index in [1.807, 2.05) is 29.3 Å². The molecule has 2 heterocycles. The van der Waals surface area contributed by atoms with Crippen LogP contribution in [0.5, 0.6) is 0 Å². The van der Waals surface area contributed by atoms with Crippen LogP contribution in [0, 0.1) is 0 Å². The fraction of sp³-hybridized carbons (Fsp3) is 0.296. The summed E-state index contributed by atoms with van der Waals surface area (Å²) in [6, 6.07) is 9.86. The minimum Gasteiger partial charge on any atom is -0.332 e.